The molecule has 116 valence electrons. The van der Waals surface area contributed by atoms with E-state index in [2.05, 4.69) is 57.8 Å². The lowest BCUT2D eigenvalue weighted by atomic mass is 9.88. The van der Waals surface area contributed by atoms with Crippen LogP contribution in [0.5, 0.6) is 0 Å². The van der Waals surface area contributed by atoms with E-state index in [1.165, 1.54) is 0 Å². The van der Waals surface area contributed by atoms with Gasteiger partial charge in [-0.05, 0) is 74.9 Å². The highest BCUT2D eigenvalue weighted by Crippen LogP contribution is 2.33. The van der Waals surface area contributed by atoms with Gasteiger partial charge in [0.1, 0.15) is 0 Å². The van der Waals surface area contributed by atoms with Crippen molar-refractivity contribution < 1.29 is 4.79 Å². The quantitative estimate of drug-likeness (QED) is 0.518. The summed E-state index contributed by atoms with van der Waals surface area (Å²) in [6.45, 7) is 12.1. The van der Waals surface area contributed by atoms with E-state index in [1.807, 2.05) is 27.7 Å². The van der Waals surface area contributed by atoms with Gasteiger partial charge in [0.2, 0.25) is 0 Å². The van der Waals surface area contributed by atoms with E-state index in [-0.39, 0.29) is 5.78 Å². The predicted molar refractivity (Wildman–Crippen MR) is 100 cm³/mol. The van der Waals surface area contributed by atoms with Gasteiger partial charge in [-0.1, -0.05) is 44.0 Å². The molecule has 0 saturated carbocycles. The first-order valence-corrected chi connectivity index (χ1v) is 8.82. The van der Waals surface area contributed by atoms with Gasteiger partial charge in [-0.15, -0.1) is 0 Å². The summed E-state index contributed by atoms with van der Waals surface area (Å²) < 4.78 is 2.03. The SMILES string of the molecule is Cc1cc(C)c(C(=O)c2c(C)cc(C)c(Br)c2C)c(C)c1Br. The minimum atomic E-state index is 0.103. The number of hydrogen-bond acceptors (Lipinski definition) is 1. The fourth-order valence-corrected chi connectivity index (χ4v) is 3.77. The number of halogens is 2. The maximum atomic E-state index is 13.2. The van der Waals surface area contributed by atoms with Gasteiger partial charge in [-0.3, -0.25) is 4.79 Å². The number of ketones is 1. The fourth-order valence-electron chi connectivity index (χ4n) is 3.15. The zero-order chi connectivity index (χ0) is 16.8. The van der Waals surface area contributed by atoms with Gasteiger partial charge in [0.25, 0.3) is 0 Å². The third-order valence-corrected chi connectivity index (χ3v) is 6.65. The van der Waals surface area contributed by atoms with Crippen molar-refractivity contribution >= 4 is 37.6 Å². The Labute approximate surface area is 149 Å². The molecule has 2 aromatic rings. The van der Waals surface area contributed by atoms with Crippen LogP contribution in [0.2, 0.25) is 0 Å². The normalized spacial score (nSPS) is 10.9. The Balaban J connectivity index is 2.75. The molecule has 0 spiro atoms. The van der Waals surface area contributed by atoms with E-state index >= 15 is 0 Å². The number of rotatable bonds is 2. The highest BCUT2D eigenvalue weighted by Gasteiger charge is 2.22. The van der Waals surface area contributed by atoms with E-state index in [0.29, 0.717) is 0 Å². The molecule has 0 radical (unpaired) electrons. The molecule has 2 aromatic carbocycles. The molecular formula is C19H20Br2O. The highest BCUT2D eigenvalue weighted by molar-refractivity contribution is 9.10. The number of carbonyl (C=O) groups excluding carboxylic acids is 1. The van der Waals surface area contributed by atoms with Gasteiger partial charge >= 0.3 is 0 Å². The zero-order valence-corrected chi connectivity index (χ0v) is 17.0. The molecule has 0 aliphatic carbocycles. The highest BCUT2D eigenvalue weighted by atomic mass is 79.9. The molecule has 3 heteroatoms. The van der Waals surface area contributed by atoms with Crippen LogP contribution in [-0.2, 0) is 0 Å². The summed E-state index contributed by atoms with van der Waals surface area (Å²) in [6, 6.07) is 4.14. The second kappa shape index (κ2) is 6.29. The molecule has 0 fully saturated rings. The molecule has 0 unspecified atom stereocenters. The smallest absolute Gasteiger partial charge is 0.194 e. The van der Waals surface area contributed by atoms with Gasteiger partial charge in [0.15, 0.2) is 5.78 Å². The van der Waals surface area contributed by atoms with E-state index in [0.717, 1.165) is 53.5 Å². The summed E-state index contributed by atoms with van der Waals surface area (Å²) in [5.41, 5.74) is 8.00. The van der Waals surface area contributed by atoms with Crippen molar-refractivity contribution in [2.24, 2.45) is 0 Å². The average molecular weight is 424 g/mol. The van der Waals surface area contributed by atoms with Gasteiger partial charge in [-0.2, -0.15) is 0 Å². The third kappa shape index (κ3) is 2.81. The lowest BCUT2D eigenvalue weighted by Gasteiger charge is -2.17. The predicted octanol–water partition coefficient (Wildman–Crippen LogP) is 6.29. The summed E-state index contributed by atoms with van der Waals surface area (Å²) in [5, 5.41) is 0. The van der Waals surface area contributed by atoms with Crippen LogP contribution in [0.25, 0.3) is 0 Å². The van der Waals surface area contributed by atoms with E-state index < -0.39 is 0 Å². The summed E-state index contributed by atoms with van der Waals surface area (Å²) in [7, 11) is 0. The van der Waals surface area contributed by atoms with Crippen molar-refractivity contribution in [1.82, 2.24) is 0 Å². The molecule has 2 rings (SSSR count). The molecule has 0 atom stereocenters. The molecule has 0 amide bonds. The molecule has 0 bridgehead atoms. The van der Waals surface area contributed by atoms with Gasteiger partial charge in [0, 0.05) is 20.1 Å². The summed E-state index contributed by atoms with van der Waals surface area (Å²) in [5.74, 6) is 0.103. The number of benzene rings is 2. The Morgan fingerprint density at radius 2 is 1.00 bits per heavy atom. The van der Waals surface area contributed by atoms with Crippen molar-refractivity contribution in [2.75, 3.05) is 0 Å². The number of aryl methyl sites for hydroxylation is 4. The Kier molecular flexibility index (Phi) is 4.98. The first kappa shape index (κ1) is 17.4. The van der Waals surface area contributed by atoms with Crippen LogP contribution in [0.15, 0.2) is 21.1 Å². The van der Waals surface area contributed by atoms with Crippen LogP contribution in [0.3, 0.4) is 0 Å². The first-order valence-electron chi connectivity index (χ1n) is 7.24. The van der Waals surface area contributed by atoms with Crippen LogP contribution in [-0.4, -0.2) is 5.78 Å². The zero-order valence-electron chi connectivity index (χ0n) is 13.8. The Bertz CT molecular complexity index is 723. The van der Waals surface area contributed by atoms with E-state index in [1.54, 1.807) is 0 Å². The molecule has 22 heavy (non-hydrogen) atoms. The Morgan fingerprint density at radius 3 is 1.32 bits per heavy atom. The van der Waals surface area contributed by atoms with Crippen LogP contribution in [0.1, 0.15) is 49.3 Å². The van der Waals surface area contributed by atoms with Gasteiger partial charge < -0.3 is 0 Å². The monoisotopic (exact) mass is 422 g/mol. The standard InChI is InChI=1S/C19H20Br2O/c1-9-7-11(3)17(20)13(5)15(9)19(22)16-10(2)8-12(4)18(21)14(16)6/h7-8H,1-6H3. The second-order valence-electron chi connectivity index (χ2n) is 5.98. The lowest BCUT2D eigenvalue weighted by molar-refractivity contribution is 0.103. The molecule has 0 heterocycles. The van der Waals surface area contributed by atoms with Crippen molar-refractivity contribution in [3.63, 3.8) is 0 Å². The minimum absolute atomic E-state index is 0.103. The topological polar surface area (TPSA) is 17.1 Å². The largest absolute Gasteiger partial charge is 0.289 e. The van der Waals surface area contributed by atoms with Crippen molar-refractivity contribution in [3.8, 4) is 0 Å². The van der Waals surface area contributed by atoms with Crippen molar-refractivity contribution in [1.29, 1.82) is 0 Å². The fraction of sp³-hybridized carbons (Fsp3) is 0.316. The molecule has 0 aliphatic heterocycles. The van der Waals surface area contributed by atoms with E-state index in [9.17, 15) is 4.79 Å². The third-order valence-electron chi connectivity index (χ3n) is 4.21. The molecule has 1 nitrogen and oxygen atoms in total. The van der Waals surface area contributed by atoms with Crippen LogP contribution < -0.4 is 0 Å². The summed E-state index contributed by atoms with van der Waals surface area (Å²) >= 11 is 7.21. The van der Waals surface area contributed by atoms with Crippen molar-refractivity contribution in [2.45, 2.75) is 41.5 Å². The summed E-state index contributed by atoms with van der Waals surface area (Å²) in [4.78, 5) is 13.2. The van der Waals surface area contributed by atoms with Gasteiger partial charge in [0.05, 0.1) is 0 Å². The molecule has 0 saturated heterocycles. The molecule has 0 aromatic heterocycles. The first-order chi connectivity index (χ1) is 10.2. The van der Waals surface area contributed by atoms with Crippen LogP contribution >= 0.6 is 31.9 Å². The van der Waals surface area contributed by atoms with Gasteiger partial charge in [-0.25, -0.2) is 0 Å². The molecule has 0 N–H and O–H groups in total. The molecular weight excluding hydrogens is 404 g/mol. The maximum Gasteiger partial charge on any atom is 0.194 e. The van der Waals surface area contributed by atoms with Crippen LogP contribution in [0, 0.1) is 41.5 Å². The molecule has 0 aliphatic rings. The average Bonchev–Trinajstić information content (AvgIpc) is 2.42. The van der Waals surface area contributed by atoms with Crippen molar-refractivity contribution in [3.05, 3.63) is 65.6 Å². The second-order valence-corrected chi connectivity index (χ2v) is 7.56. The van der Waals surface area contributed by atoms with E-state index in [4.69, 9.17) is 0 Å². The minimum Gasteiger partial charge on any atom is -0.289 e. The lowest BCUT2D eigenvalue weighted by Crippen LogP contribution is -2.12. The Hall–Kier alpha value is -0.930. The number of hydrogen-bond donors (Lipinski definition) is 0. The summed E-state index contributed by atoms with van der Waals surface area (Å²) in [6.07, 6.45) is 0. The number of carbonyl (C=O) groups is 1. The van der Waals surface area contributed by atoms with Crippen LogP contribution in [0.4, 0.5) is 0 Å². The maximum absolute atomic E-state index is 13.2. The Morgan fingerprint density at radius 1 is 0.682 bits per heavy atom.